The Bertz CT molecular complexity index is 204. The summed E-state index contributed by atoms with van der Waals surface area (Å²) in [7, 11) is 0. The SMILES string of the molecule is C/C=C(\C(=O)O)C(C)C(=O)O. The molecule has 0 aliphatic heterocycles. The molecule has 1 unspecified atom stereocenters. The Morgan fingerprint density at radius 2 is 1.82 bits per heavy atom. The van der Waals surface area contributed by atoms with Crippen LogP contribution in [-0.2, 0) is 9.59 Å². The van der Waals surface area contributed by atoms with Crippen LogP contribution in [0.1, 0.15) is 13.8 Å². The molecule has 0 aromatic carbocycles. The molecule has 4 nitrogen and oxygen atoms in total. The molecule has 0 aromatic rings. The fourth-order valence-electron chi connectivity index (χ4n) is 0.692. The molecule has 1 atom stereocenters. The van der Waals surface area contributed by atoms with Crippen molar-refractivity contribution in [3.05, 3.63) is 11.6 Å². The van der Waals surface area contributed by atoms with E-state index in [2.05, 4.69) is 0 Å². The molecule has 0 fully saturated rings. The number of hydrogen-bond acceptors (Lipinski definition) is 2. The molecule has 0 spiro atoms. The second kappa shape index (κ2) is 3.75. The summed E-state index contributed by atoms with van der Waals surface area (Å²) < 4.78 is 0. The second-order valence-electron chi connectivity index (χ2n) is 2.11. The summed E-state index contributed by atoms with van der Waals surface area (Å²) in [6.07, 6.45) is 1.29. The van der Waals surface area contributed by atoms with Crippen molar-refractivity contribution in [2.75, 3.05) is 0 Å². The molecule has 0 aliphatic carbocycles. The zero-order chi connectivity index (χ0) is 9.02. The normalized spacial score (nSPS) is 14.2. The Hall–Kier alpha value is -1.32. The number of hydrogen-bond donors (Lipinski definition) is 2. The van der Waals surface area contributed by atoms with Gasteiger partial charge < -0.3 is 10.2 Å². The van der Waals surface area contributed by atoms with Crippen LogP contribution < -0.4 is 0 Å². The van der Waals surface area contributed by atoms with E-state index in [-0.39, 0.29) is 5.57 Å². The lowest BCUT2D eigenvalue weighted by atomic mass is 10.0. The first-order valence-electron chi connectivity index (χ1n) is 3.13. The van der Waals surface area contributed by atoms with E-state index < -0.39 is 17.9 Å². The third-order valence-electron chi connectivity index (χ3n) is 1.39. The van der Waals surface area contributed by atoms with Gasteiger partial charge >= 0.3 is 11.9 Å². The van der Waals surface area contributed by atoms with E-state index in [9.17, 15) is 9.59 Å². The third kappa shape index (κ3) is 2.41. The third-order valence-corrected chi connectivity index (χ3v) is 1.39. The monoisotopic (exact) mass is 158 g/mol. The van der Waals surface area contributed by atoms with Crippen LogP contribution >= 0.6 is 0 Å². The number of aliphatic carboxylic acids is 2. The topological polar surface area (TPSA) is 74.6 Å². The van der Waals surface area contributed by atoms with Crippen LogP contribution in [0.3, 0.4) is 0 Å². The summed E-state index contributed by atoms with van der Waals surface area (Å²) in [6.45, 7) is 2.84. The van der Waals surface area contributed by atoms with Gasteiger partial charge in [0.25, 0.3) is 0 Å². The zero-order valence-electron chi connectivity index (χ0n) is 6.37. The van der Waals surface area contributed by atoms with Gasteiger partial charge in [-0.1, -0.05) is 6.08 Å². The molecule has 0 heterocycles. The molecular weight excluding hydrogens is 148 g/mol. The number of carboxylic acids is 2. The van der Waals surface area contributed by atoms with Crippen LogP contribution in [0.25, 0.3) is 0 Å². The molecule has 0 rings (SSSR count). The molecule has 0 saturated carbocycles. The minimum atomic E-state index is -1.18. The zero-order valence-corrected chi connectivity index (χ0v) is 6.37. The molecule has 2 N–H and O–H groups in total. The Balaban J connectivity index is 4.54. The highest BCUT2D eigenvalue weighted by Gasteiger charge is 2.20. The number of carboxylic acid groups (broad SMARTS) is 2. The van der Waals surface area contributed by atoms with Gasteiger partial charge in [0.15, 0.2) is 0 Å². The van der Waals surface area contributed by atoms with Crippen molar-refractivity contribution in [3.8, 4) is 0 Å². The largest absolute Gasteiger partial charge is 0.481 e. The molecule has 4 heteroatoms. The van der Waals surface area contributed by atoms with E-state index in [1.807, 2.05) is 0 Å². The van der Waals surface area contributed by atoms with Gasteiger partial charge in [-0.2, -0.15) is 0 Å². The van der Waals surface area contributed by atoms with Crippen molar-refractivity contribution in [2.24, 2.45) is 5.92 Å². The van der Waals surface area contributed by atoms with Crippen molar-refractivity contribution in [3.63, 3.8) is 0 Å². The molecular formula is C7H10O4. The first-order valence-corrected chi connectivity index (χ1v) is 3.13. The maximum Gasteiger partial charge on any atom is 0.332 e. The maximum absolute atomic E-state index is 10.3. The first-order chi connectivity index (χ1) is 5.00. The van der Waals surface area contributed by atoms with Crippen LogP contribution in [0.15, 0.2) is 11.6 Å². The summed E-state index contributed by atoms with van der Waals surface area (Å²) in [4.78, 5) is 20.6. The average Bonchev–Trinajstić information content (AvgIpc) is 1.88. The summed E-state index contributed by atoms with van der Waals surface area (Å²) in [5.41, 5.74) is -0.0856. The van der Waals surface area contributed by atoms with Crippen LogP contribution in [-0.4, -0.2) is 22.2 Å². The minimum absolute atomic E-state index is 0.0856. The number of carbonyl (C=O) groups is 2. The van der Waals surface area contributed by atoms with E-state index in [4.69, 9.17) is 10.2 Å². The molecule has 0 radical (unpaired) electrons. The second-order valence-corrected chi connectivity index (χ2v) is 2.11. The molecule has 0 aromatic heterocycles. The maximum atomic E-state index is 10.3. The van der Waals surface area contributed by atoms with Gasteiger partial charge in [-0.05, 0) is 13.8 Å². The highest BCUT2D eigenvalue weighted by Crippen LogP contribution is 2.09. The Kier molecular flexibility index (Phi) is 3.30. The van der Waals surface area contributed by atoms with Gasteiger partial charge in [0.1, 0.15) is 0 Å². The van der Waals surface area contributed by atoms with Crippen molar-refractivity contribution >= 4 is 11.9 Å². The molecule has 0 bridgehead atoms. The molecule has 11 heavy (non-hydrogen) atoms. The number of rotatable bonds is 3. The lowest BCUT2D eigenvalue weighted by Crippen LogP contribution is -2.17. The van der Waals surface area contributed by atoms with Crippen LogP contribution in [0.4, 0.5) is 0 Å². The summed E-state index contributed by atoms with van der Waals surface area (Å²) in [6, 6.07) is 0. The van der Waals surface area contributed by atoms with Crippen molar-refractivity contribution in [1.82, 2.24) is 0 Å². The van der Waals surface area contributed by atoms with E-state index in [0.29, 0.717) is 0 Å². The van der Waals surface area contributed by atoms with Gasteiger partial charge in [0.2, 0.25) is 0 Å². The van der Waals surface area contributed by atoms with Gasteiger partial charge in [-0.25, -0.2) is 4.79 Å². The quantitative estimate of drug-likeness (QED) is 0.594. The van der Waals surface area contributed by atoms with Crippen molar-refractivity contribution < 1.29 is 19.8 Å². The first kappa shape index (κ1) is 9.68. The smallest absolute Gasteiger partial charge is 0.332 e. The summed E-state index contributed by atoms with van der Waals surface area (Å²) >= 11 is 0. The van der Waals surface area contributed by atoms with Gasteiger partial charge in [0, 0.05) is 5.57 Å². The predicted molar refractivity (Wildman–Crippen MR) is 38.2 cm³/mol. The number of allylic oxidation sites excluding steroid dienone is 1. The summed E-state index contributed by atoms with van der Waals surface area (Å²) in [5, 5.41) is 16.9. The Morgan fingerprint density at radius 1 is 1.36 bits per heavy atom. The standard InChI is InChI=1S/C7H10O4/c1-3-5(7(10)11)4(2)6(8)9/h3-4H,1-2H3,(H,8,9)(H,10,11)/b5-3-. The molecule has 62 valence electrons. The minimum Gasteiger partial charge on any atom is -0.481 e. The predicted octanol–water partition coefficient (Wildman–Crippen LogP) is 0.738. The van der Waals surface area contributed by atoms with E-state index in [1.54, 1.807) is 0 Å². The molecule has 0 aliphatic rings. The summed E-state index contributed by atoms with van der Waals surface area (Å²) in [5.74, 6) is -3.25. The fourth-order valence-corrected chi connectivity index (χ4v) is 0.692. The highest BCUT2D eigenvalue weighted by atomic mass is 16.4. The van der Waals surface area contributed by atoms with E-state index in [1.165, 1.54) is 19.9 Å². The lowest BCUT2D eigenvalue weighted by molar-refractivity contribution is -0.143. The van der Waals surface area contributed by atoms with Gasteiger partial charge in [-0.3, -0.25) is 4.79 Å². The van der Waals surface area contributed by atoms with Crippen molar-refractivity contribution in [1.29, 1.82) is 0 Å². The Morgan fingerprint density at radius 3 is 1.91 bits per heavy atom. The van der Waals surface area contributed by atoms with Crippen LogP contribution in [0.2, 0.25) is 0 Å². The molecule has 0 saturated heterocycles. The molecule has 0 amide bonds. The van der Waals surface area contributed by atoms with E-state index >= 15 is 0 Å². The van der Waals surface area contributed by atoms with Crippen LogP contribution in [0, 0.1) is 5.92 Å². The van der Waals surface area contributed by atoms with Gasteiger partial charge in [0.05, 0.1) is 5.92 Å². The average molecular weight is 158 g/mol. The van der Waals surface area contributed by atoms with Crippen molar-refractivity contribution in [2.45, 2.75) is 13.8 Å². The van der Waals surface area contributed by atoms with Crippen LogP contribution in [0.5, 0.6) is 0 Å². The van der Waals surface area contributed by atoms with Gasteiger partial charge in [-0.15, -0.1) is 0 Å². The van der Waals surface area contributed by atoms with E-state index in [0.717, 1.165) is 0 Å². The highest BCUT2D eigenvalue weighted by molar-refractivity contribution is 5.93. The fraction of sp³-hybridized carbons (Fsp3) is 0.429. The Labute approximate surface area is 64.2 Å². The lowest BCUT2D eigenvalue weighted by Gasteiger charge is -2.04.